The number of benzene rings is 3. The molecule has 0 radical (unpaired) electrons. The number of anilines is 1. The number of nitrogens with one attached hydrogen (secondary N) is 3. The molecule has 0 bridgehead atoms. The molecule has 0 aliphatic carbocycles. The standard InChI is InChI=1S/C36H42N4O3/c1-23(2)35(40-34(42)11-8-19-37-33-21-24(3)18-20-38-33)36(43)39-32(22-26(5)41)28-15-13-27(14-16-28)30-17-12-25(4)29-9-6-7-10-31(29)30/h6-7,9-10,12-18,20-21,23,32,35H,8,11,19,22H2,1-5H3,(H,37,38)(H,39,43)(H,40,42)/t32-,35-/m0/s1. The molecule has 4 rings (SSSR count). The van der Waals surface area contributed by atoms with E-state index in [0.717, 1.165) is 28.1 Å². The largest absolute Gasteiger partial charge is 0.370 e. The number of aryl methyl sites for hydroxylation is 2. The fourth-order valence-electron chi connectivity index (χ4n) is 5.28. The number of amides is 2. The highest BCUT2D eigenvalue weighted by Crippen LogP contribution is 2.31. The van der Waals surface area contributed by atoms with Crippen LogP contribution in [-0.2, 0) is 14.4 Å². The van der Waals surface area contributed by atoms with Gasteiger partial charge >= 0.3 is 0 Å². The maximum atomic E-state index is 13.4. The van der Waals surface area contributed by atoms with E-state index < -0.39 is 12.1 Å². The number of Topliss-reactive ketones (excluding diaryl/α,β-unsaturated/α-hetero) is 1. The van der Waals surface area contributed by atoms with Gasteiger partial charge in [-0.25, -0.2) is 4.98 Å². The third-order valence-corrected chi connectivity index (χ3v) is 7.64. The zero-order chi connectivity index (χ0) is 30.9. The van der Waals surface area contributed by atoms with Gasteiger partial charge in [0.1, 0.15) is 17.6 Å². The first-order valence-electron chi connectivity index (χ1n) is 15.0. The predicted octanol–water partition coefficient (Wildman–Crippen LogP) is 6.69. The van der Waals surface area contributed by atoms with E-state index in [-0.39, 0.29) is 36.4 Å². The number of hydrogen-bond acceptors (Lipinski definition) is 5. The summed E-state index contributed by atoms with van der Waals surface area (Å²) < 4.78 is 0. The monoisotopic (exact) mass is 578 g/mol. The van der Waals surface area contributed by atoms with Crippen LogP contribution in [0.25, 0.3) is 21.9 Å². The fraction of sp³-hybridized carbons (Fsp3) is 0.333. The summed E-state index contributed by atoms with van der Waals surface area (Å²) in [5.74, 6) is 0.126. The van der Waals surface area contributed by atoms with Gasteiger partial charge in [0.2, 0.25) is 11.8 Å². The van der Waals surface area contributed by atoms with Crippen LogP contribution >= 0.6 is 0 Å². The second-order valence-electron chi connectivity index (χ2n) is 11.6. The van der Waals surface area contributed by atoms with Crippen molar-refractivity contribution >= 4 is 34.2 Å². The zero-order valence-electron chi connectivity index (χ0n) is 25.7. The molecule has 0 saturated heterocycles. The summed E-state index contributed by atoms with van der Waals surface area (Å²) in [4.78, 5) is 42.7. The van der Waals surface area contributed by atoms with Crippen LogP contribution in [0.4, 0.5) is 5.82 Å². The average Bonchev–Trinajstić information content (AvgIpc) is 2.98. The van der Waals surface area contributed by atoms with Gasteiger partial charge < -0.3 is 16.0 Å². The Hall–Kier alpha value is -4.52. The lowest BCUT2D eigenvalue weighted by Gasteiger charge is -2.26. The lowest BCUT2D eigenvalue weighted by molar-refractivity contribution is -0.130. The van der Waals surface area contributed by atoms with Gasteiger partial charge in [-0.3, -0.25) is 14.4 Å². The molecule has 4 aromatic rings. The molecule has 224 valence electrons. The van der Waals surface area contributed by atoms with Gasteiger partial charge in [0, 0.05) is 25.6 Å². The van der Waals surface area contributed by atoms with Gasteiger partial charge in [-0.05, 0) is 83.8 Å². The van der Waals surface area contributed by atoms with Crippen molar-refractivity contribution < 1.29 is 14.4 Å². The molecular weight excluding hydrogens is 536 g/mol. The third kappa shape index (κ3) is 8.51. The van der Waals surface area contributed by atoms with Crippen LogP contribution in [0.15, 0.2) is 79.0 Å². The molecule has 7 nitrogen and oxygen atoms in total. The van der Waals surface area contributed by atoms with Crippen molar-refractivity contribution in [2.24, 2.45) is 5.92 Å². The van der Waals surface area contributed by atoms with E-state index in [2.05, 4.69) is 52.1 Å². The Bertz CT molecular complexity index is 1580. The van der Waals surface area contributed by atoms with Crippen LogP contribution in [-0.4, -0.2) is 35.2 Å². The van der Waals surface area contributed by atoms with Crippen molar-refractivity contribution in [3.8, 4) is 11.1 Å². The molecule has 0 aliphatic rings. The Morgan fingerprint density at radius 3 is 2.26 bits per heavy atom. The molecule has 0 aliphatic heterocycles. The first kappa shape index (κ1) is 31.4. The molecule has 2 atom stereocenters. The van der Waals surface area contributed by atoms with Gasteiger partial charge in [-0.1, -0.05) is 74.5 Å². The van der Waals surface area contributed by atoms with Crippen LogP contribution in [0.2, 0.25) is 0 Å². The minimum atomic E-state index is -0.716. The second kappa shape index (κ2) is 14.6. The summed E-state index contributed by atoms with van der Waals surface area (Å²) in [7, 11) is 0. The Morgan fingerprint density at radius 2 is 1.58 bits per heavy atom. The van der Waals surface area contributed by atoms with Crippen LogP contribution in [0.3, 0.4) is 0 Å². The summed E-state index contributed by atoms with van der Waals surface area (Å²) in [6, 6.07) is 23.3. The topological polar surface area (TPSA) is 100 Å². The number of aromatic nitrogens is 1. The van der Waals surface area contributed by atoms with E-state index in [9.17, 15) is 14.4 Å². The van der Waals surface area contributed by atoms with E-state index >= 15 is 0 Å². The average molecular weight is 579 g/mol. The Labute approximate surface area is 254 Å². The quantitative estimate of drug-likeness (QED) is 0.154. The molecule has 0 saturated carbocycles. The number of nitrogens with zero attached hydrogens (tertiary/aromatic N) is 1. The van der Waals surface area contributed by atoms with Gasteiger partial charge in [0.15, 0.2) is 0 Å². The highest BCUT2D eigenvalue weighted by atomic mass is 16.2. The van der Waals surface area contributed by atoms with E-state index in [0.29, 0.717) is 13.0 Å². The van der Waals surface area contributed by atoms with Crippen LogP contribution in [0, 0.1) is 19.8 Å². The maximum absolute atomic E-state index is 13.4. The zero-order valence-corrected chi connectivity index (χ0v) is 25.7. The van der Waals surface area contributed by atoms with Gasteiger partial charge in [-0.15, -0.1) is 0 Å². The van der Waals surface area contributed by atoms with E-state index in [1.54, 1.807) is 6.20 Å². The molecular formula is C36H42N4O3. The van der Waals surface area contributed by atoms with Gasteiger partial charge in [0.25, 0.3) is 0 Å². The molecule has 43 heavy (non-hydrogen) atoms. The molecule has 0 fully saturated rings. The minimum Gasteiger partial charge on any atom is -0.370 e. The van der Waals surface area contributed by atoms with E-state index in [1.165, 1.54) is 23.3 Å². The summed E-state index contributed by atoms with van der Waals surface area (Å²) in [6.45, 7) is 10.0. The van der Waals surface area contributed by atoms with Gasteiger partial charge in [0.05, 0.1) is 6.04 Å². The molecule has 3 N–H and O–H groups in total. The molecule has 1 aromatic heterocycles. The molecule has 7 heteroatoms. The second-order valence-corrected chi connectivity index (χ2v) is 11.6. The number of fused-ring (bicyclic) bond motifs is 1. The lowest BCUT2D eigenvalue weighted by atomic mass is 9.93. The molecule has 0 spiro atoms. The van der Waals surface area contributed by atoms with E-state index in [4.69, 9.17) is 0 Å². The van der Waals surface area contributed by atoms with Gasteiger partial charge in [-0.2, -0.15) is 0 Å². The summed E-state index contributed by atoms with van der Waals surface area (Å²) in [5, 5.41) is 11.6. The number of rotatable bonds is 13. The molecule has 1 heterocycles. The smallest absolute Gasteiger partial charge is 0.243 e. The minimum absolute atomic E-state index is 0.0281. The maximum Gasteiger partial charge on any atom is 0.243 e. The van der Waals surface area contributed by atoms with Crippen molar-refractivity contribution in [2.45, 2.75) is 66.0 Å². The third-order valence-electron chi connectivity index (χ3n) is 7.64. The van der Waals surface area contributed by atoms with Crippen molar-refractivity contribution in [3.05, 3.63) is 95.7 Å². The van der Waals surface area contributed by atoms with Crippen molar-refractivity contribution in [1.29, 1.82) is 0 Å². The Balaban J connectivity index is 1.41. The SMILES string of the molecule is CC(=O)C[C@H](NC(=O)[C@@H](NC(=O)CCCNc1cc(C)ccn1)C(C)C)c1ccc(-c2ccc(C)c3ccccc23)cc1. The Morgan fingerprint density at radius 1 is 0.860 bits per heavy atom. The van der Waals surface area contributed by atoms with E-state index in [1.807, 2.05) is 69.3 Å². The number of hydrogen-bond donors (Lipinski definition) is 3. The summed E-state index contributed by atoms with van der Waals surface area (Å²) in [6.07, 6.45) is 2.79. The molecule has 0 unspecified atom stereocenters. The lowest BCUT2D eigenvalue weighted by Crippen LogP contribution is -2.50. The van der Waals surface area contributed by atoms with Crippen molar-refractivity contribution in [1.82, 2.24) is 15.6 Å². The number of ketones is 1. The van der Waals surface area contributed by atoms with Crippen LogP contribution in [0.5, 0.6) is 0 Å². The predicted molar refractivity (Wildman–Crippen MR) is 174 cm³/mol. The number of carbonyl (C=O) groups is 3. The number of carbonyl (C=O) groups excluding carboxylic acids is 3. The van der Waals surface area contributed by atoms with Crippen LogP contribution < -0.4 is 16.0 Å². The first-order valence-corrected chi connectivity index (χ1v) is 15.0. The summed E-state index contributed by atoms with van der Waals surface area (Å²) in [5.41, 5.74) is 5.37. The van der Waals surface area contributed by atoms with Crippen molar-refractivity contribution in [3.63, 3.8) is 0 Å². The first-order chi connectivity index (χ1) is 20.6. The van der Waals surface area contributed by atoms with Crippen molar-refractivity contribution in [2.75, 3.05) is 11.9 Å². The summed E-state index contributed by atoms with van der Waals surface area (Å²) >= 11 is 0. The molecule has 2 amide bonds. The highest BCUT2D eigenvalue weighted by Gasteiger charge is 2.27. The Kier molecular flexibility index (Phi) is 10.7. The normalized spacial score (nSPS) is 12.5. The fourth-order valence-corrected chi connectivity index (χ4v) is 5.28. The molecule has 3 aromatic carbocycles. The highest BCUT2D eigenvalue weighted by molar-refractivity contribution is 5.98. The van der Waals surface area contributed by atoms with Crippen LogP contribution in [0.1, 0.15) is 62.8 Å². The number of pyridine rings is 1.